The molecular weight excluding hydrogens is 366 g/mol. The number of anilines is 1. The summed E-state index contributed by atoms with van der Waals surface area (Å²) >= 11 is 0. The van der Waals surface area contributed by atoms with Crippen molar-refractivity contribution in [3.05, 3.63) is 18.0 Å². The molecule has 1 saturated carbocycles. The van der Waals surface area contributed by atoms with Crippen molar-refractivity contribution >= 4 is 24.3 Å². The van der Waals surface area contributed by atoms with Crippen LogP contribution in [0, 0.1) is 11.8 Å². The van der Waals surface area contributed by atoms with Crippen LogP contribution in [0.5, 0.6) is 0 Å². The van der Waals surface area contributed by atoms with Crippen molar-refractivity contribution in [1.29, 1.82) is 0 Å². The normalized spacial score (nSPS) is 25.4. The Kier molecular flexibility index (Phi) is 6.89. The molecule has 0 unspecified atom stereocenters. The molecule has 7 nitrogen and oxygen atoms in total. The fourth-order valence-electron chi connectivity index (χ4n) is 4.35. The van der Waals surface area contributed by atoms with Gasteiger partial charge in [0.25, 0.3) is 0 Å². The molecule has 1 aromatic rings. The van der Waals surface area contributed by atoms with Crippen LogP contribution in [0.3, 0.4) is 0 Å². The molecule has 1 aromatic heterocycles. The van der Waals surface area contributed by atoms with E-state index in [1.807, 2.05) is 12.4 Å². The first-order chi connectivity index (χ1) is 12.7. The third-order valence-corrected chi connectivity index (χ3v) is 5.78. The van der Waals surface area contributed by atoms with Gasteiger partial charge < -0.3 is 15.0 Å². The van der Waals surface area contributed by atoms with Gasteiger partial charge in [-0.25, -0.2) is 9.97 Å². The molecule has 2 aliphatic heterocycles. The maximum atomic E-state index is 11.9. The van der Waals surface area contributed by atoms with E-state index in [9.17, 15) is 4.79 Å². The van der Waals surface area contributed by atoms with E-state index in [4.69, 9.17) is 4.74 Å². The number of halogens is 1. The zero-order chi connectivity index (χ0) is 17.9. The van der Waals surface area contributed by atoms with Gasteiger partial charge in [-0.15, -0.1) is 12.4 Å². The summed E-state index contributed by atoms with van der Waals surface area (Å²) in [6, 6.07) is 0.231. The lowest BCUT2D eigenvalue weighted by Crippen LogP contribution is -2.42. The molecule has 0 bridgehead atoms. The number of nitrogens with zero attached hydrogens (tertiary/aromatic N) is 4. The fraction of sp³-hybridized carbons (Fsp3) is 0.737. The zero-order valence-corrected chi connectivity index (χ0v) is 16.8. The van der Waals surface area contributed by atoms with Crippen molar-refractivity contribution in [3.8, 4) is 0 Å². The van der Waals surface area contributed by atoms with Crippen LogP contribution < -0.4 is 10.2 Å². The van der Waals surface area contributed by atoms with Crippen molar-refractivity contribution in [2.24, 2.45) is 11.8 Å². The van der Waals surface area contributed by atoms with Crippen molar-refractivity contribution in [1.82, 2.24) is 20.2 Å². The van der Waals surface area contributed by atoms with Crippen LogP contribution in [-0.4, -0.2) is 66.7 Å². The SMILES string of the molecule is COCC(=O)N[C@H]1CN(Cc2cnc(N3CCCC3)nc2)C[C@@H]1C1CC1.Cl. The number of carbonyl (C=O) groups excluding carboxylic acids is 1. The Morgan fingerprint density at radius 2 is 1.93 bits per heavy atom. The molecule has 150 valence electrons. The van der Waals surface area contributed by atoms with Crippen LogP contribution in [0.1, 0.15) is 31.2 Å². The molecule has 0 radical (unpaired) electrons. The smallest absolute Gasteiger partial charge is 0.246 e. The average Bonchev–Trinajstić information content (AvgIpc) is 3.18. The van der Waals surface area contributed by atoms with E-state index in [0.29, 0.717) is 5.92 Å². The number of amides is 1. The molecule has 1 N–H and O–H groups in total. The molecule has 3 aliphatic rings. The van der Waals surface area contributed by atoms with Gasteiger partial charge in [0.15, 0.2) is 0 Å². The second-order valence-electron chi connectivity index (χ2n) is 7.89. The summed E-state index contributed by atoms with van der Waals surface area (Å²) in [4.78, 5) is 25.7. The lowest BCUT2D eigenvalue weighted by molar-refractivity contribution is -0.125. The summed E-state index contributed by atoms with van der Waals surface area (Å²) in [5.74, 6) is 2.17. The van der Waals surface area contributed by atoms with Gasteiger partial charge in [-0.05, 0) is 37.5 Å². The zero-order valence-electron chi connectivity index (χ0n) is 16.0. The minimum absolute atomic E-state index is 0. The van der Waals surface area contributed by atoms with E-state index in [-0.39, 0.29) is 31.0 Å². The Balaban J connectivity index is 0.00000210. The topological polar surface area (TPSA) is 70.6 Å². The number of ether oxygens (including phenoxy) is 1. The van der Waals surface area contributed by atoms with Crippen LogP contribution in [0.4, 0.5) is 5.95 Å². The van der Waals surface area contributed by atoms with Gasteiger partial charge in [0, 0.05) is 63.8 Å². The number of rotatable bonds is 7. The molecule has 3 fully saturated rings. The van der Waals surface area contributed by atoms with Gasteiger partial charge in [-0.3, -0.25) is 9.69 Å². The first-order valence-corrected chi connectivity index (χ1v) is 9.79. The van der Waals surface area contributed by atoms with Gasteiger partial charge in [0.2, 0.25) is 11.9 Å². The van der Waals surface area contributed by atoms with E-state index in [2.05, 4.69) is 25.1 Å². The molecule has 1 amide bonds. The van der Waals surface area contributed by atoms with Gasteiger partial charge in [0.1, 0.15) is 6.61 Å². The summed E-state index contributed by atoms with van der Waals surface area (Å²) in [6.45, 7) is 5.05. The van der Waals surface area contributed by atoms with E-state index in [1.165, 1.54) is 25.7 Å². The molecule has 4 rings (SSSR count). The summed E-state index contributed by atoms with van der Waals surface area (Å²) in [5.41, 5.74) is 1.14. The van der Waals surface area contributed by atoms with Gasteiger partial charge in [-0.1, -0.05) is 0 Å². The molecule has 2 atom stereocenters. The highest BCUT2D eigenvalue weighted by molar-refractivity contribution is 5.85. The fourth-order valence-corrected chi connectivity index (χ4v) is 4.35. The van der Waals surface area contributed by atoms with Gasteiger partial charge in [0.05, 0.1) is 0 Å². The monoisotopic (exact) mass is 395 g/mol. The van der Waals surface area contributed by atoms with Gasteiger partial charge in [-0.2, -0.15) is 0 Å². The largest absolute Gasteiger partial charge is 0.375 e. The Labute approximate surface area is 167 Å². The van der Waals surface area contributed by atoms with Crippen LogP contribution >= 0.6 is 12.4 Å². The van der Waals surface area contributed by atoms with E-state index in [0.717, 1.165) is 50.2 Å². The third-order valence-electron chi connectivity index (χ3n) is 5.78. The molecule has 27 heavy (non-hydrogen) atoms. The quantitative estimate of drug-likeness (QED) is 0.754. The standard InChI is InChI=1S/C19H29N5O2.ClH/c1-26-13-18(25)22-17-12-23(11-16(17)15-4-5-15)10-14-8-20-19(21-9-14)24-6-2-3-7-24;/h8-9,15-17H,2-7,10-13H2,1H3,(H,22,25);1H/t16-,17+;/m1./s1. The Hall–Kier alpha value is -1.44. The third kappa shape index (κ3) is 5.09. The number of hydrogen-bond acceptors (Lipinski definition) is 6. The molecule has 3 heterocycles. The average molecular weight is 396 g/mol. The van der Waals surface area contributed by atoms with E-state index < -0.39 is 0 Å². The van der Waals surface area contributed by atoms with Crippen LogP contribution in [-0.2, 0) is 16.1 Å². The van der Waals surface area contributed by atoms with Crippen molar-refractivity contribution in [2.45, 2.75) is 38.3 Å². The van der Waals surface area contributed by atoms with Crippen LogP contribution in [0.25, 0.3) is 0 Å². The summed E-state index contributed by atoms with van der Waals surface area (Å²) < 4.78 is 4.95. The lowest BCUT2D eigenvalue weighted by atomic mass is 9.98. The number of carbonyl (C=O) groups is 1. The number of likely N-dealkylation sites (tertiary alicyclic amines) is 1. The first kappa shape index (κ1) is 20.3. The van der Waals surface area contributed by atoms with Gasteiger partial charge >= 0.3 is 0 Å². The van der Waals surface area contributed by atoms with Crippen LogP contribution in [0.2, 0.25) is 0 Å². The number of methoxy groups -OCH3 is 1. The molecule has 1 aliphatic carbocycles. The highest BCUT2D eigenvalue weighted by Crippen LogP contribution is 2.41. The highest BCUT2D eigenvalue weighted by atomic mass is 35.5. The highest BCUT2D eigenvalue weighted by Gasteiger charge is 2.42. The minimum Gasteiger partial charge on any atom is -0.375 e. The second kappa shape index (κ2) is 9.17. The van der Waals surface area contributed by atoms with Crippen molar-refractivity contribution < 1.29 is 9.53 Å². The van der Waals surface area contributed by atoms with E-state index >= 15 is 0 Å². The molecule has 0 aromatic carbocycles. The Morgan fingerprint density at radius 1 is 1.22 bits per heavy atom. The number of hydrogen-bond donors (Lipinski definition) is 1. The Bertz CT molecular complexity index is 619. The van der Waals surface area contributed by atoms with Crippen molar-refractivity contribution in [2.75, 3.05) is 44.8 Å². The molecule has 2 saturated heterocycles. The maximum Gasteiger partial charge on any atom is 0.246 e. The van der Waals surface area contributed by atoms with Crippen molar-refractivity contribution in [3.63, 3.8) is 0 Å². The second-order valence-corrected chi connectivity index (χ2v) is 7.89. The number of aromatic nitrogens is 2. The van der Waals surface area contributed by atoms with E-state index in [1.54, 1.807) is 7.11 Å². The summed E-state index contributed by atoms with van der Waals surface area (Å²) in [7, 11) is 1.56. The van der Waals surface area contributed by atoms with Crippen LogP contribution in [0.15, 0.2) is 12.4 Å². The Morgan fingerprint density at radius 3 is 2.56 bits per heavy atom. The maximum absolute atomic E-state index is 11.9. The predicted molar refractivity (Wildman–Crippen MR) is 106 cm³/mol. The number of nitrogens with one attached hydrogen (secondary N) is 1. The first-order valence-electron chi connectivity index (χ1n) is 9.79. The molecule has 0 spiro atoms. The predicted octanol–water partition coefficient (Wildman–Crippen LogP) is 1.47. The summed E-state index contributed by atoms with van der Waals surface area (Å²) in [5, 5.41) is 3.17. The molecular formula is C19H30ClN5O2. The minimum atomic E-state index is -0.0108. The lowest BCUT2D eigenvalue weighted by Gasteiger charge is -2.19. The molecule has 8 heteroatoms. The summed E-state index contributed by atoms with van der Waals surface area (Å²) in [6.07, 6.45) is 8.98.